The van der Waals surface area contributed by atoms with Crippen LogP contribution in [0.15, 0.2) is 14.8 Å². The van der Waals surface area contributed by atoms with Crippen molar-refractivity contribution in [2.45, 2.75) is 43.0 Å². The van der Waals surface area contributed by atoms with Crippen LogP contribution in [0.4, 0.5) is 32.4 Å². The number of nitrogens with one attached hydrogen (secondary N) is 1. The first-order valence-electron chi connectivity index (χ1n) is 8.09. The lowest BCUT2D eigenvalue weighted by Crippen LogP contribution is -2.20. The van der Waals surface area contributed by atoms with Gasteiger partial charge in [-0.05, 0) is 31.7 Å². The van der Waals surface area contributed by atoms with E-state index in [4.69, 9.17) is 5.14 Å². The first-order chi connectivity index (χ1) is 13.4. The molecule has 2 aromatic heterocycles. The number of alkyl halides is 5. The van der Waals surface area contributed by atoms with E-state index in [9.17, 15) is 31.0 Å². The van der Waals surface area contributed by atoms with Crippen LogP contribution in [0.1, 0.15) is 40.4 Å². The van der Waals surface area contributed by atoms with Gasteiger partial charge in [-0.1, -0.05) is 0 Å². The quantitative estimate of drug-likeness (QED) is 0.675. The number of amides is 2. The van der Waals surface area contributed by atoms with Gasteiger partial charge in [-0.2, -0.15) is 13.2 Å². The van der Waals surface area contributed by atoms with E-state index in [2.05, 4.69) is 19.6 Å². The minimum Gasteiger partial charge on any atom is -0.305 e. The zero-order chi connectivity index (χ0) is 21.6. The third-order valence-corrected chi connectivity index (χ3v) is 7.05. The van der Waals surface area contributed by atoms with Crippen molar-refractivity contribution in [2.24, 2.45) is 9.50 Å². The van der Waals surface area contributed by atoms with Crippen molar-refractivity contribution in [2.75, 3.05) is 5.32 Å². The van der Waals surface area contributed by atoms with Crippen LogP contribution in [0.25, 0.3) is 0 Å². The van der Waals surface area contributed by atoms with Crippen LogP contribution >= 0.6 is 11.3 Å². The Kier molecular flexibility index (Phi) is 5.62. The molecule has 0 aliphatic heterocycles. The number of carbonyl (C=O) groups excluding carboxylic acids is 1. The lowest BCUT2D eigenvalue weighted by molar-refractivity contribution is -0.141. The topological polar surface area (TPSA) is 110 Å². The van der Waals surface area contributed by atoms with Gasteiger partial charge >= 0.3 is 12.2 Å². The molecule has 2 amide bonds. The molecule has 0 saturated heterocycles. The number of pyridine rings is 1. The van der Waals surface area contributed by atoms with Gasteiger partial charge in [0.25, 0.3) is 6.43 Å². The maximum atomic E-state index is 13.3. The Balaban J connectivity index is 1.97. The number of hydrogen-bond acceptors (Lipinski definition) is 5. The number of thiazole rings is 1. The molecule has 0 radical (unpaired) electrons. The van der Waals surface area contributed by atoms with Gasteiger partial charge in [0.2, 0.25) is 0 Å². The standard InChI is InChI=1S/C15H14F5N5O2S2/c1-6-10(7-3-2-4-8(7)23-11(6)15(18,19)20)24-14(26)25-29(21,27)9-5-22-13(28-9)12(16)17/h5,12H,2-4H2,1H3,(H3,21,23,24,25,26,27)/t29-/m0/s1. The van der Waals surface area contributed by atoms with Crippen molar-refractivity contribution >= 4 is 33.0 Å². The molecule has 0 spiro atoms. The minimum atomic E-state index is -4.73. The van der Waals surface area contributed by atoms with Crippen molar-refractivity contribution in [1.29, 1.82) is 0 Å². The van der Waals surface area contributed by atoms with Crippen molar-refractivity contribution in [3.05, 3.63) is 33.7 Å². The van der Waals surface area contributed by atoms with Crippen molar-refractivity contribution in [3.8, 4) is 0 Å². The molecule has 1 atom stereocenters. The molecule has 14 heteroatoms. The van der Waals surface area contributed by atoms with Gasteiger partial charge in [0.15, 0.2) is 14.9 Å². The molecule has 0 unspecified atom stereocenters. The van der Waals surface area contributed by atoms with Gasteiger partial charge in [-0.15, -0.1) is 15.7 Å². The molecule has 0 fully saturated rings. The molecule has 2 heterocycles. The van der Waals surface area contributed by atoms with E-state index >= 15 is 0 Å². The number of aryl methyl sites for hydroxylation is 1. The van der Waals surface area contributed by atoms with Crippen LogP contribution in [0.2, 0.25) is 0 Å². The number of fused-ring (bicyclic) bond motifs is 1. The van der Waals surface area contributed by atoms with Gasteiger partial charge < -0.3 is 5.32 Å². The third-order valence-electron chi connectivity index (χ3n) is 4.16. The summed E-state index contributed by atoms with van der Waals surface area (Å²) < 4.78 is 80.4. The highest BCUT2D eigenvalue weighted by atomic mass is 32.2. The van der Waals surface area contributed by atoms with E-state index in [-0.39, 0.29) is 21.2 Å². The number of carbonyl (C=O) groups is 1. The predicted octanol–water partition coefficient (Wildman–Crippen LogP) is 4.22. The Morgan fingerprint density at radius 1 is 1.38 bits per heavy atom. The lowest BCUT2D eigenvalue weighted by Gasteiger charge is -2.17. The summed E-state index contributed by atoms with van der Waals surface area (Å²) in [5.41, 5.74) is -0.883. The molecule has 1 aliphatic rings. The highest BCUT2D eigenvalue weighted by Gasteiger charge is 2.37. The van der Waals surface area contributed by atoms with Crippen molar-refractivity contribution in [3.63, 3.8) is 0 Å². The Hall–Kier alpha value is -2.19. The van der Waals surface area contributed by atoms with Crippen LogP contribution in [0, 0.1) is 6.92 Å². The SMILES string of the molecule is Cc1c(C(F)(F)F)nc2c(c1NC(=O)N=[S@](N)(=O)c1cnc(C(F)F)s1)CCC2. The van der Waals surface area contributed by atoms with Crippen LogP contribution in [0.5, 0.6) is 0 Å². The summed E-state index contributed by atoms with van der Waals surface area (Å²) in [6.07, 6.45) is -5.53. The highest BCUT2D eigenvalue weighted by Crippen LogP contribution is 2.39. The molecule has 0 bridgehead atoms. The van der Waals surface area contributed by atoms with Crippen molar-refractivity contribution < 1.29 is 31.0 Å². The van der Waals surface area contributed by atoms with Gasteiger partial charge in [-0.25, -0.2) is 32.9 Å². The van der Waals surface area contributed by atoms with Gasteiger partial charge in [0.1, 0.15) is 9.90 Å². The zero-order valence-corrected chi connectivity index (χ0v) is 16.4. The van der Waals surface area contributed by atoms with Crippen LogP contribution < -0.4 is 10.5 Å². The average molecular weight is 455 g/mol. The molecule has 1 aliphatic carbocycles. The summed E-state index contributed by atoms with van der Waals surface area (Å²) in [6.45, 7) is 1.15. The summed E-state index contributed by atoms with van der Waals surface area (Å²) in [5.74, 6) is 0. The fraction of sp³-hybridized carbons (Fsp3) is 0.400. The van der Waals surface area contributed by atoms with E-state index in [0.29, 0.717) is 36.2 Å². The summed E-state index contributed by atoms with van der Waals surface area (Å²) in [4.78, 5) is 19.3. The van der Waals surface area contributed by atoms with Gasteiger partial charge in [0.05, 0.1) is 11.9 Å². The fourth-order valence-corrected chi connectivity index (χ4v) is 4.87. The Morgan fingerprint density at radius 3 is 2.66 bits per heavy atom. The number of anilines is 1. The maximum absolute atomic E-state index is 13.3. The van der Waals surface area contributed by atoms with E-state index in [1.165, 1.54) is 0 Å². The Labute approximate surface area is 165 Å². The molecule has 29 heavy (non-hydrogen) atoms. The lowest BCUT2D eigenvalue weighted by atomic mass is 10.1. The largest absolute Gasteiger partial charge is 0.433 e. The second kappa shape index (κ2) is 7.57. The summed E-state index contributed by atoms with van der Waals surface area (Å²) in [6, 6.07) is -1.26. The number of aromatic nitrogens is 2. The molecule has 3 rings (SSSR count). The molecule has 7 nitrogen and oxygen atoms in total. The number of urea groups is 1. The summed E-state index contributed by atoms with van der Waals surface area (Å²) in [5, 5.41) is 7.05. The molecule has 2 aromatic rings. The second-order valence-corrected chi connectivity index (χ2v) is 9.23. The van der Waals surface area contributed by atoms with Crippen LogP contribution in [-0.2, 0) is 28.9 Å². The smallest absolute Gasteiger partial charge is 0.305 e. The third kappa shape index (κ3) is 4.38. The summed E-state index contributed by atoms with van der Waals surface area (Å²) >= 11 is 0.331. The van der Waals surface area contributed by atoms with E-state index < -0.39 is 39.2 Å². The van der Waals surface area contributed by atoms with Crippen LogP contribution in [0.3, 0.4) is 0 Å². The first kappa shape index (κ1) is 21.5. The molecule has 0 saturated carbocycles. The highest BCUT2D eigenvalue weighted by molar-refractivity contribution is 7.93. The Morgan fingerprint density at radius 2 is 2.07 bits per heavy atom. The summed E-state index contributed by atoms with van der Waals surface area (Å²) in [7, 11) is -3.91. The molecule has 158 valence electrons. The predicted molar refractivity (Wildman–Crippen MR) is 95.1 cm³/mol. The van der Waals surface area contributed by atoms with Gasteiger partial charge in [0, 0.05) is 11.3 Å². The van der Waals surface area contributed by atoms with Crippen molar-refractivity contribution in [1.82, 2.24) is 9.97 Å². The van der Waals surface area contributed by atoms with Gasteiger partial charge in [-0.3, -0.25) is 0 Å². The molecule has 0 aromatic carbocycles. The molecular weight excluding hydrogens is 441 g/mol. The molecule has 3 N–H and O–H groups in total. The number of rotatable bonds is 3. The first-order valence-corrected chi connectivity index (χ1v) is 10.5. The number of hydrogen-bond donors (Lipinski definition) is 2. The number of nitrogens with two attached hydrogens (primary N) is 1. The monoisotopic (exact) mass is 455 g/mol. The normalized spacial score (nSPS) is 15.9. The zero-order valence-electron chi connectivity index (χ0n) is 14.7. The Bertz CT molecular complexity index is 1090. The fourth-order valence-electron chi connectivity index (χ4n) is 2.94. The van der Waals surface area contributed by atoms with E-state index in [0.717, 1.165) is 13.1 Å². The molecular formula is C15H14F5N5O2S2. The number of halogens is 5. The number of nitrogens with zero attached hydrogens (tertiary/aromatic N) is 3. The van der Waals surface area contributed by atoms with E-state index in [1.807, 2.05) is 0 Å². The maximum Gasteiger partial charge on any atom is 0.433 e. The van der Waals surface area contributed by atoms with E-state index in [1.54, 1.807) is 0 Å². The van der Waals surface area contributed by atoms with Crippen LogP contribution in [-0.4, -0.2) is 20.2 Å². The minimum absolute atomic E-state index is 0.110. The second-order valence-electron chi connectivity index (χ2n) is 6.15. The average Bonchev–Trinajstić information content (AvgIpc) is 3.24.